The molecule has 2 N–H and O–H groups in total. The van der Waals surface area contributed by atoms with Crippen molar-refractivity contribution in [3.05, 3.63) is 83.0 Å². The van der Waals surface area contributed by atoms with Gasteiger partial charge in [0.1, 0.15) is 23.4 Å². The second-order valence-corrected chi connectivity index (χ2v) is 21.1. The molecule has 0 unspecified atom stereocenters. The van der Waals surface area contributed by atoms with Gasteiger partial charge in [0.05, 0.1) is 43.3 Å². The lowest BCUT2D eigenvalue weighted by Gasteiger charge is -2.58. The fraction of sp³-hybridized carbons (Fsp3) is 0.510. The number of carbonyl (C=O) groups is 3. The molecule has 16 heteroatoms. The molecule has 4 aromatic heterocycles. The molecule has 1 aromatic carbocycles. The fourth-order valence-corrected chi connectivity index (χ4v) is 12.4. The zero-order valence-corrected chi connectivity index (χ0v) is 37.8. The fourth-order valence-electron chi connectivity index (χ4n) is 11.4. The first-order valence-corrected chi connectivity index (χ1v) is 23.9. The van der Waals surface area contributed by atoms with Crippen molar-refractivity contribution in [2.75, 3.05) is 39.5 Å². The van der Waals surface area contributed by atoms with Crippen LogP contribution in [0.3, 0.4) is 0 Å². The van der Waals surface area contributed by atoms with Gasteiger partial charge in [-0.1, -0.05) is 26.8 Å². The van der Waals surface area contributed by atoms with E-state index in [0.29, 0.717) is 52.1 Å². The van der Waals surface area contributed by atoms with Gasteiger partial charge < -0.3 is 19.4 Å². The van der Waals surface area contributed by atoms with Gasteiger partial charge in [-0.25, -0.2) is 20.4 Å². The van der Waals surface area contributed by atoms with Crippen molar-refractivity contribution in [3.8, 4) is 28.6 Å². The Hall–Kier alpha value is -5.60. The molecule has 2 saturated carbocycles. The van der Waals surface area contributed by atoms with Crippen molar-refractivity contribution in [3.63, 3.8) is 0 Å². The van der Waals surface area contributed by atoms with Crippen LogP contribution < -0.4 is 10.7 Å². The Labute approximate surface area is 381 Å². The summed E-state index contributed by atoms with van der Waals surface area (Å²) < 4.78 is 14.3. The van der Waals surface area contributed by atoms with E-state index in [2.05, 4.69) is 84.7 Å². The summed E-state index contributed by atoms with van der Waals surface area (Å²) in [6.45, 7) is 9.50. The smallest absolute Gasteiger partial charge is 0.324 e. The number of benzene rings is 1. The minimum atomic E-state index is -1.02. The monoisotopic (exact) mass is 894 g/mol. The molecule has 4 aliphatic heterocycles. The number of hydrogen-bond donors (Lipinski definition) is 2. The maximum atomic E-state index is 15.2. The lowest BCUT2D eigenvalue weighted by Crippen LogP contribution is -2.70. The van der Waals surface area contributed by atoms with Crippen molar-refractivity contribution in [1.82, 2.24) is 45.2 Å². The topological polar surface area (TPSA) is 180 Å². The van der Waals surface area contributed by atoms with E-state index in [1.54, 1.807) is 12.4 Å². The average molecular weight is 895 g/mol. The summed E-state index contributed by atoms with van der Waals surface area (Å²) in [5.74, 6) is -1.41. The highest BCUT2D eigenvalue weighted by Crippen LogP contribution is 2.54. The minimum Gasteiger partial charge on any atom is -0.464 e. The maximum Gasteiger partial charge on any atom is 0.324 e. The summed E-state index contributed by atoms with van der Waals surface area (Å²) in [4.78, 5) is 64.6. The lowest BCUT2D eigenvalue weighted by molar-refractivity contribution is -0.202. The molecule has 6 bridgehead atoms. The van der Waals surface area contributed by atoms with Crippen LogP contribution in [0.25, 0.3) is 33.4 Å². The Morgan fingerprint density at radius 3 is 2.65 bits per heavy atom. The molecule has 65 heavy (non-hydrogen) atoms. The van der Waals surface area contributed by atoms with Crippen molar-refractivity contribution in [2.45, 2.75) is 89.4 Å². The van der Waals surface area contributed by atoms with Crippen LogP contribution in [0.15, 0.2) is 66.7 Å². The molecule has 336 valence electrons. The first kappa shape index (κ1) is 42.1. The quantitative estimate of drug-likeness (QED) is 0.190. The van der Waals surface area contributed by atoms with Gasteiger partial charge in [-0.2, -0.15) is 5.26 Å². The van der Waals surface area contributed by atoms with Crippen molar-refractivity contribution in [2.24, 2.45) is 28.6 Å². The number of nitriles is 1. The van der Waals surface area contributed by atoms with Crippen LogP contribution in [0.4, 0.5) is 0 Å². The van der Waals surface area contributed by atoms with Gasteiger partial charge in [-0.15, -0.1) is 11.3 Å². The summed E-state index contributed by atoms with van der Waals surface area (Å²) in [5.41, 5.74) is 9.55. The zero-order valence-electron chi connectivity index (χ0n) is 37.0. The summed E-state index contributed by atoms with van der Waals surface area (Å²) in [6, 6.07) is 12.7. The van der Waals surface area contributed by atoms with Crippen molar-refractivity contribution >= 4 is 40.0 Å². The highest BCUT2D eigenvalue weighted by Gasteiger charge is 2.57. The first-order chi connectivity index (χ1) is 31.5. The number of thiazole rings is 1. The van der Waals surface area contributed by atoms with Gasteiger partial charge >= 0.3 is 5.97 Å². The second-order valence-electron chi connectivity index (χ2n) is 20.2. The van der Waals surface area contributed by atoms with Gasteiger partial charge in [0.25, 0.3) is 5.91 Å². The summed E-state index contributed by atoms with van der Waals surface area (Å²) in [5, 5.41) is 18.7. The number of nitrogens with one attached hydrogen (secondary N) is 2. The number of esters is 1. The Kier molecular flexibility index (Phi) is 10.6. The number of amides is 2. The number of aromatic nitrogens is 5. The van der Waals surface area contributed by atoms with Gasteiger partial charge in [-0.05, 0) is 80.3 Å². The molecule has 2 aliphatic carbocycles. The van der Waals surface area contributed by atoms with E-state index in [1.807, 2.05) is 25.3 Å². The Bertz CT molecular complexity index is 2690. The lowest BCUT2D eigenvalue weighted by atomic mass is 9.76. The van der Waals surface area contributed by atoms with E-state index in [1.165, 1.54) is 22.7 Å². The van der Waals surface area contributed by atoms with Crippen molar-refractivity contribution < 1.29 is 23.9 Å². The number of rotatable bonds is 6. The number of carbonyl (C=O) groups excluding carboxylic acids is 3. The predicted octanol–water partition coefficient (Wildman–Crippen LogP) is 6.01. The molecule has 0 radical (unpaired) electrons. The molecular weight excluding hydrogens is 841 g/mol. The number of likely N-dealkylation sites (tertiary alicyclic amines) is 1. The third kappa shape index (κ3) is 7.59. The molecule has 15 nitrogen and oxygen atoms in total. The van der Waals surface area contributed by atoms with Crippen LogP contribution in [0, 0.1) is 39.9 Å². The minimum absolute atomic E-state index is 0.00593. The first-order valence-electron chi connectivity index (χ1n) is 23.0. The molecule has 3 saturated heterocycles. The predicted molar refractivity (Wildman–Crippen MR) is 242 cm³/mol. The summed E-state index contributed by atoms with van der Waals surface area (Å²) >= 11 is 1.50. The standard InChI is InChI=1S/C49H54N10O5S/c1-28-39(35-12-14-52-27-53-35)40(28)44(60)55-41-43(57-22-49(23-57)25-63-26-49)45-54-37(21-65-45)30-9-11-38-33(17-30)34(18-48(2,3)24-64-47(62)36-7-5-15-58(56-36)46(41)61)42(31-6-4-13-51-20-31)59(38)32-10-8-29(16-32)19-50/h4,6,9,11-14,17,20-21,27-29,32,36,39-41,43,56H,5,7-8,10,15-16,18,22-26H2,1-3H3,(H,55,60)/t28-,29-,32-,36-,39-,40+,41-,43-/m0/s1. The van der Waals surface area contributed by atoms with E-state index in [9.17, 15) is 14.9 Å². The normalized spacial score (nSPS) is 29.6. The Balaban J connectivity index is 1.04. The molecule has 2 amide bonds. The molecule has 6 aliphatic rings. The van der Waals surface area contributed by atoms with E-state index in [0.717, 1.165) is 68.9 Å². The van der Waals surface area contributed by atoms with Crippen LogP contribution >= 0.6 is 11.3 Å². The van der Waals surface area contributed by atoms with Crippen LogP contribution in [0.1, 0.15) is 87.1 Å². The van der Waals surface area contributed by atoms with Crippen LogP contribution in [0.2, 0.25) is 0 Å². The van der Waals surface area contributed by atoms with E-state index in [-0.39, 0.29) is 53.5 Å². The molecular formula is C49H54N10O5S. The number of hydrogen-bond acceptors (Lipinski definition) is 13. The number of ether oxygens (including phenoxy) is 2. The van der Waals surface area contributed by atoms with Gasteiger partial charge in [0.15, 0.2) is 0 Å². The molecule has 8 atom stereocenters. The van der Waals surface area contributed by atoms with Crippen LogP contribution in [-0.4, -0.2) is 104 Å². The SMILES string of the molecule is C[C@@H]1[C@@H](C(=O)N[C@@H]2C(=O)N3CCC[C@H](N3)C(=O)OCC(C)(C)Cc3c(-c4cccnc4)n([C@H]4CC[C@H](C#N)C4)c4ccc(cc34)-c3csc(n3)[C@H]2N2CC3(COC3)C2)[C@@H]1c1ccncn1. The Morgan fingerprint density at radius 1 is 1.05 bits per heavy atom. The Morgan fingerprint density at radius 2 is 1.91 bits per heavy atom. The van der Waals surface area contributed by atoms with Gasteiger partial charge in [0.2, 0.25) is 5.91 Å². The molecule has 5 aromatic rings. The maximum absolute atomic E-state index is 15.2. The number of hydrazine groups is 1. The molecule has 5 fully saturated rings. The molecule has 11 rings (SSSR count). The molecule has 8 heterocycles. The summed E-state index contributed by atoms with van der Waals surface area (Å²) in [6.07, 6.45) is 11.1. The highest BCUT2D eigenvalue weighted by molar-refractivity contribution is 7.10. The van der Waals surface area contributed by atoms with Gasteiger partial charge in [-0.3, -0.25) is 29.3 Å². The largest absolute Gasteiger partial charge is 0.464 e. The van der Waals surface area contributed by atoms with E-state index >= 15 is 4.79 Å². The zero-order chi connectivity index (χ0) is 44.6. The number of cyclic esters (lactones) is 1. The number of pyridine rings is 1. The van der Waals surface area contributed by atoms with Crippen LogP contribution in [-0.2, 0) is 30.3 Å². The van der Waals surface area contributed by atoms with E-state index < -0.39 is 29.5 Å². The molecule has 1 spiro atoms. The average Bonchev–Trinajstić information content (AvgIpc) is 3.67. The van der Waals surface area contributed by atoms with Crippen LogP contribution in [0.5, 0.6) is 0 Å². The van der Waals surface area contributed by atoms with Crippen molar-refractivity contribution in [1.29, 1.82) is 5.26 Å². The number of fused-ring (bicyclic) bond motifs is 6. The van der Waals surface area contributed by atoms with Gasteiger partial charge in [0, 0.05) is 106 Å². The summed E-state index contributed by atoms with van der Waals surface area (Å²) in [7, 11) is 0. The number of nitrogens with zero attached hydrogens (tertiary/aromatic N) is 8. The second kappa shape index (κ2) is 16.4. The third-order valence-corrected chi connectivity index (χ3v) is 15.8. The third-order valence-electron chi connectivity index (χ3n) is 14.9. The highest BCUT2D eigenvalue weighted by atomic mass is 32.1. The van der Waals surface area contributed by atoms with E-state index in [4.69, 9.17) is 14.5 Å².